The molecular formula is C16H28N2O3S. The third-order valence-electron chi connectivity index (χ3n) is 6.73. The van der Waals surface area contributed by atoms with Gasteiger partial charge in [0.15, 0.2) is 0 Å². The van der Waals surface area contributed by atoms with Crippen molar-refractivity contribution in [3.63, 3.8) is 0 Å². The van der Waals surface area contributed by atoms with Crippen LogP contribution in [-0.4, -0.2) is 38.5 Å². The number of hydrogen-bond donors (Lipinski definition) is 2. The predicted octanol–water partition coefficient (Wildman–Crippen LogP) is 1.38. The Hall–Kier alpha value is -0.170. The van der Waals surface area contributed by atoms with Crippen molar-refractivity contribution in [1.29, 1.82) is 0 Å². The van der Waals surface area contributed by atoms with E-state index in [1.807, 2.05) is 0 Å². The highest BCUT2D eigenvalue weighted by Gasteiger charge is 2.56. The van der Waals surface area contributed by atoms with Gasteiger partial charge in [0.1, 0.15) is 0 Å². The van der Waals surface area contributed by atoms with Gasteiger partial charge < -0.3 is 10.5 Å². The first-order valence-corrected chi connectivity index (χ1v) is 10.5. The van der Waals surface area contributed by atoms with E-state index in [4.69, 9.17) is 10.5 Å². The number of ether oxygens (including phenoxy) is 1. The van der Waals surface area contributed by atoms with Crippen LogP contribution in [0.3, 0.4) is 0 Å². The Morgan fingerprint density at radius 3 is 2.68 bits per heavy atom. The minimum atomic E-state index is -3.23. The van der Waals surface area contributed by atoms with Crippen molar-refractivity contribution in [3.05, 3.63) is 0 Å². The lowest BCUT2D eigenvalue weighted by atomic mass is 9.59. The number of nitrogens with two attached hydrogens (primary N) is 1. The molecule has 0 aromatic carbocycles. The summed E-state index contributed by atoms with van der Waals surface area (Å²) in [6.07, 6.45) is 8.75. The number of rotatable bonds is 5. The van der Waals surface area contributed by atoms with Crippen molar-refractivity contribution in [3.8, 4) is 0 Å². The van der Waals surface area contributed by atoms with E-state index in [-0.39, 0.29) is 11.1 Å². The SMILES string of the molecule is NCC12CCC(NS(=O)(=O)C[C@@H]3C[C@@H]4CCCC[C@@H]43)(CO1)C2. The summed E-state index contributed by atoms with van der Waals surface area (Å²) >= 11 is 0. The average Bonchev–Trinajstić information content (AvgIpc) is 3.00. The summed E-state index contributed by atoms with van der Waals surface area (Å²) in [5.74, 6) is 2.15. The third kappa shape index (κ3) is 2.52. The van der Waals surface area contributed by atoms with Crippen LogP contribution in [-0.2, 0) is 14.8 Å². The molecule has 5 nitrogen and oxygen atoms in total. The van der Waals surface area contributed by atoms with Crippen LogP contribution in [0.1, 0.15) is 51.4 Å². The maximum atomic E-state index is 12.6. The monoisotopic (exact) mass is 328 g/mol. The van der Waals surface area contributed by atoms with Gasteiger partial charge in [-0.2, -0.15) is 0 Å². The summed E-state index contributed by atoms with van der Waals surface area (Å²) in [4.78, 5) is 0. The molecule has 2 unspecified atom stereocenters. The minimum Gasteiger partial charge on any atom is -0.372 e. The van der Waals surface area contributed by atoms with Crippen molar-refractivity contribution in [2.24, 2.45) is 23.5 Å². The van der Waals surface area contributed by atoms with Crippen molar-refractivity contribution in [2.75, 3.05) is 18.9 Å². The van der Waals surface area contributed by atoms with Crippen molar-refractivity contribution in [2.45, 2.75) is 62.5 Å². The molecule has 4 rings (SSSR count). The largest absolute Gasteiger partial charge is 0.372 e. The first-order chi connectivity index (χ1) is 10.5. The van der Waals surface area contributed by atoms with E-state index in [0.29, 0.717) is 30.7 Å². The summed E-state index contributed by atoms with van der Waals surface area (Å²) in [5.41, 5.74) is 5.16. The van der Waals surface area contributed by atoms with E-state index in [2.05, 4.69) is 4.72 Å². The third-order valence-corrected chi connectivity index (χ3v) is 8.34. The molecule has 0 radical (unpaired) electrons. The Morgan fingerprint density at radius 1 is 1.23 bits per heavy atom. The maximum Gasteiger partial charge on any atom is 0.212 e. The van der Waals surface area contributed by atoms with E-state index in [1.54, 1.807) is 0 Å². The van der Waals surface area contributed by atoms with Gasteiger partial charge in [0.05, 0.1) is 23.5 Å². The molecule has 6 heteroatoms. The Labute approximate surface area is 133 Å². The van der Waals surface area contributed by atoms with Crippen molar-refractivity contribution < 1.29 is 13.2 Å². The molecule has 0 amide bonds. The molecule has 4 fully saturated rings. The van der Waals surface area contributed by atoms with Gasteiger partial charge in [0, 0.05) is 6.54 Å². The van der Waals surface area contributed by atoms with Gasteiger partial charge in [-0.05, 0) is 49.9 Å². The number of nitrogens with one attached hydrogen (secondary N) is 1. The summed E-state index contributed by atoms with van der Waals surface area (Å²) in [7, 11) is -3.23. The Kier molecular flexibility index (Phi) is 3.61. The summed E-state index contributed by atoms with van der Waals surface area (Å²) < 4.78 is 34.1. The molecule has 1 saturated heterocycles. The predicted molar refractivity (Wildman–Crippen MR) is 84.8 cm³/mol. The molecule has 1 aliphatic heterocycles. The van der Waals surface area contributed by atoms with Gasteiger partial charge >= 0.3 is 0 Å². The molecule has 0 spiro atoms. The highest BCUT2D eigenvalue weighted by molar-refractivity contribution is 7.89. The zero-order valence-corrected chi connectivity index (χ0v) is 14.0. The molecule has 126 valence electrons. The van der Waals surface area contributed by atoms with Crippen LogP contribution in [0.2, 0.25) is 0 Å². The highest BCUT2D eigenvalue weighted by atomic mass is 32.2. The normalized spacial score (nSPS) is 47.2. The molecule has 5 atom stereocenters. The fourth-order valence-corrected chi connectivity index (χ4v) is 7.43. The summed E-state index contributed by atoms with van der Waals surface area (Å²) in [5, 5.41) is 0. The van der Waals surface area contributed by atoms with Gasteiger partial charge in [0.25, 0.3) is 0 Å². The average molecular weight is 328 g/mol. The van der Waals surface area contributed by atoms with Gasteiger partial charge in [-0.1, -0.05) is 19.3 Å². The second kappa shape index (κ2) is 5.16. The smallest absolute Gasteiger partial charge is 0.212 e. The van der Waals surface area contributed by atoms with Crippen LogP contribution in [0, 0.1) is 17.8 Å². The quantitative estimate of drug-likeness (QED) is 0.799. The number of fused-ring (bicyclic) bond motifs is 3. The lowest BCUT2D eigenvalue weighted by Crippen LogP contribution is -2.51. The van der Waals surface area contributed by atoms with Crippen LogP contribution in [0.25, 0.3) is 0 Å². The first-order valence-electron chi connectivity index (χ1n) is 8.81. The molecule has 4 aliphatic rings. The fraction of sp³-hybridized carbons (Fsp3) is 1.00. The molecule has 3 saturated carbocycles. The topological polar surface area (TPSA) is 81.4 Å². The number of hydrogen-bond acceptors (Lipinski definition) is 4. The van der Waals surface area contributed by atoms with E-state index < -0.39 is 10.0 Å². The van der Waals surface area contributed by atoms with Crippen LogP contribution in [0.5, 0.6) is 0 Å². The number of sulfonamides is 1. The van der Waals surface area contributed by atoms with Crippen LogP contribution in [0.15, 0.2) is 0 Å². The maximum absolute atomic E-state index is 12.6. The van der Waals surface area contributed by atoms with Crippen molar-refractivity contribution >= 4 is 10.0 Å². The van der Waals surface area contributed by atoms with Crippen LogP contribution >= 0.6 is 0 Å². The van der Waals surface area contributed by atoms with Gasteiger partial charge in [-0.3, -0.25) is 0 Å². The molecule has 22 heavy (non-hydrogen) atoms. The zero-order chi connectivity index (χ0) is 15.4. The molecule has 2 bridgehead atoms. The van der Waals surface area contributed by atoms with Crippen molar-refractivity contribution in [1.82, 2.24) is 4.72 Å². The molecule has 0 aromatic rings. The van der Waals surface area contributed by atoms with Gasteiger partial charge in [-0.25, -0.2) is 13.1 Å². The van der Waals surface area contributed by atoms with Gasteiger partial charge in [0.2, 0.25) is 10.0 Å². The van der Waals surface area contributed by atoms with E-state index >= 15 is 0 Å². The van der Waals surface area contributed by atoms with Gasteiger partial charge in [-0.15, -0.1) is 0 Å². The Bertz CT molecular complexity index is 540. The molecule has 0 aromatic heterocycles. The molecule has 1 heterocycles. The fourth-order valence-electron chi connectivity index (χ4n) is 5.51. The standard InChI is InChI=1S/C16H28N2O3S/c17-10-16-6-5-15(9-16,11-21-16)18-22(19,20)8-13-7-12-3-1-2-4-14(12)13/h12-14,18H,1-11,17H2/t12-,13-,14-,15?,16?/m0/s1. The Morgan fingerprint density at radius 2 is 2.05 bits per heavy atom. The highest BCUT2D eigenvalue weighted by Crippen LogP contribution is 2.50. The lowest BCUT2D eigenvalue weighted by Gasteiger charge is -2.48. The van der Waals surface area contributed by atoms with Crippen LogP contribution in [0.4, 0.5) is 0 Å². The summed E-state index contributed by atoms with van der Waals surface area (Å²) in [6, 6.07) is 0. The Balaban J connectivity index is 1.38. The molecule has 3 aliphatic carbocycles. The van der Waals surface area contributed by atoms with E-state index in [0.717, 1.165) is 31.6 Å². The second-order valence-electron chi connectivity index (χ2n) is 8.22. The summed E-state index contributed by atoms with van der Waals surface area (Å²) in [6.45, 7) is 0.975. The molecular weight excluding hydrogens is 300 g/mol. The second-order valence-corrected chi connectivity index (χ2v) is 9.99. The van der Waals surface area contributed by atoms with E-state index in [1.165, 1.54) is 25.7 Å². The lowest BCUT2D eigenvalue weighted by molar-refractivity contribution is -0.0137. The minimum absolute atomic E-state index is 0.270. The molecule has 3 N–H and O–H groups in total. The zero-order valence-electron chi connectivity index (χ0n) is 13.2. The van der Waals surface area contributed by atoms with Crippen LogP contribution < -0.4 is 10.5 Å². The first kappa shape index (κ1) is 15.4. The van der Waals surface area contributed by atoms with E-state index in [9.17, 15) is 8.42 Å².